The van der Waals surface area contributed by atoms with Crippen molar-refractivity contribution in [2.75, 3.05) is 0 Å². The van der Waals surface area contributed by atoms with Gasteiger partial charge in [-0.05, 0) is 31.3 Å². The minimum Gasteiger partial charge on any atom is -0.328 e. The molecule has 0 saturated carbocycles. The average Bonchev–Trinajstić information content (AvgIpc) is 2.87. The number of nitrogens with one attached hydrogen (secondary N) is 1. The van der Waals surface area contributed by atoms with E-state index >= 15 is 0 Å². The van der Waals surface area contributed by atoms with Gasteiger partial charge in [-0.25, -0.2) is 9.37 Å². The minimum atomic E-state index is -0.280. The van der Waals surface area contributed by atoms with Crippen LogP contribution in [0.1, 0.15) is 9.88 Å². The fraction of sp³-hybridized carbons (Fsp3) is 0.167. The summed E-state index contributed by atoms with van der Waals surface area (Å²) < 4.78 is 16.0. The molecule has 2 heterocycles. The van der Waals surface area contributed by atoms with Crippen LogP contribution in [0, 0.1) is 17.5 Å². The molecule has 0 bridgehead atoms. The van der Waals surface area contributed by atoms with Crippen molar-refractivity contribution in [3.8, 4) is 0 Å². The maximum absolute atomic E-state index is 13.6. The topological polar surface area (TPSA) is 33.6 Å². The third-order valence-corrected chi connectivity index (χ3v) is 3.96. The number of aromatic amines is 1. The van der Waals surface area contributed by atoms with Crippen molar-refractivity contribution in [1.29, 1.82) is 0 Å². The van der Waals surface area contributed by atoms with Crippen molar-refractivity contribution >= 4 is 34.6 Å². The van der Waals surface area contributed by atoms with Gasteiger partial charge in [0.25, 0.3) is 0 Å². The van der Waals surface area contributed by atoms with E-state index in [1.54, 1.807) is 17.4 Å². The van der Waals surface area contributed by atoms with Gasteiger partial charge in [-0.2, -0.15) is 0 Å². The molecule has 3 rings (SSSR count). The highest BCUT2D eigenvalue weighted by Crippen LogP contribution is 2.20. The Morgan fingerprint density at radius 2 is 2.33 bits per heavy atom. The van der Waals surface area contributed by atoms with Gasteiger partial charge < -0.3 is 9.55 Å². The second-order valence-electron chi connectivity index (χ2n) is 4.00. The molecule has 0 aliphatic carbocycles. The number of H-pyrrole nitrogens is 1. The fourth-order valence-electron chi connectivity index (χ4n) is 1.94. The van der Waals surface area contributed by atoms with Crippen LogP contribution in [0.3, 0.4) is 0 Å². The van der Waals surface area contributed by atoms with E-state index in [1.165, 1.54) is 6.07 Å². The van der Waals surface area contributed by atoms with E-state index in [9.17, 15) is 4.39 Å². The fourth-order valence-corrected chi connectivity index (χ4v) is 2.99. The molecule has 0 saturated heterocycles. The monoisotopic (exact) mass is 279 g/mol. The van der Waals surface area contributed by atoms with Gasteiger partial charge in [0.2, 0.25) is 0 Å². The first-order valence-corrected chi connectivity index (χ1v) is 6.66. The second-order valence-corrected chi connectivity index (χ2v) is 5.70. The second kappa shape index (κ2) is 4.29. The number of nitrogens with zero attached hydrogens (tertiary/aromatic N) is 2. The molecule has 0 unspecified atom stereocenters. The zero-order chi connectivity index (χ0) is 12.7. The lowest BCUT2D eigenvalue weighted by molar-refractivity contribution is 0.637. The first-order valence-electron chi connectivity index (χ1n) is 5.43. The number of hydrogen-bond donors (Lipinski definition) is 1. The molecule has 92 valence electrons. The Bertz CT molecular complexity index is 769. The number of rotatable bonds is 2. The van der Waals surface area contributed by atoms with Gasteiger partial charge >= 0.3 is 0 Å². The molecule has 0 aliphatic heterocycles. The molecule has 3 nitrogen and oxygen atoms in total. The number of fused-ring (bicyclic) bond motifs is 1. The number of aromatic nitrogens is 3. The Labute approximate surface area is 112 Å². The number of aryl methyl sites for hydroxylation is 1. The van der Waals surface area contributed by atoms with Crippen molar-refractivity contribution in [3.05, 3.63) is 44.9 Å². The summed E-state index contributed by atoms with van der Waals surface area (Å²) in [5.74, 6) is -0.280. The lowest BCUT2D eigenvalue weighted by Crippen LogP contribution is -1.97. The van der Waals surface area contributed by atoms with Crippen molar-refractivity contribution in [1.82, 2.24) is 14.5 Å². The van der Waals surface area contributed by atoms with Crippen LogP contribution in [0.15, 0.2) is 24.4 Å². The Hall–Kier alpha value is -1.53. The summed E-state index contributed by atoms with van der Waals surface area (Å²) >= 11 is 6.87. The lowest BCUT2D eigenvalue weighted by atomic mass is 10.3. The number of benzene rings is 1. The van der Waals surface area contributed by atoms with Gasteiger partial charge in [0.1, 0.15) is 11.3 Å². The molecule has 2 aromatic heterocycles. The lowest BCUT2D eigenvalue weighted by Gasteiger charge is -2.01. The molecular weight excluding hydrogens is 269 g/mol. The number of thiazole rings is 1. The smallest absolute Gasteiger partial charge is 0.178 e. The normalized spacial score (nSPS) is 11.2. The highest BCUT2D eigenvalue weighted by molar-refractivity contribution is 7.71. The standard InChI is InChI=1S/C12H10FN3S2/c1-7-14-5-8(18-7)6-16-10-4-2-3-9(13)11(10)15-12(16)17/h2-5H,6H2,1H3,(H,15,17). The van der Waals surface area contributed by atoms with E-state index in [4.69, 9.17) is 12.2 Å². The van der Waals surface area contributed by atoms with Crippen molar-refractivity contribution in [2.45, 2.75) is 13.5 Å². The first-order chi connectivity index (χ1) is 8.65. The van der Waals surface area contributed by atoms with Gasteiger partial charge in [-0.3, -0.25) is 0 Å². The van der Waals surface area contributed by atoms with Gasteiger partial charge in [-0.15, -0.1) is 11.3 Å². The summed E-state index contributed by atoms with van der Waals surface area (Å²) in [7, 11) is 0. The summed E-state index contributed by atoms with van der Waals surface area (Å²) in [5.41, 5.74) is 1.25. The molecule has 3 aromatic rings. The van der Waals surface area contributed by atoms with E-state index in [0.29, 0.717) is 16.8 Å². The molecule has 0 aliphatic rings. The largest absolute Gasteiger partial charge is 0.328 e. The summed E-state index contributed by atoms with van der Waals surface area (Å²) in [5, 5.41) is 1.02. The SMILES string of the molecule is Cc1ncc(Cn2c(=S)[nH]c3c(F)cccc32)s1. The van der Waals surface area contributed by atoms with Crippen LogP contribution in [0.5, 0.6) is 0 Å². The van der Waals surface area contributed by atoms with Gasteiger partial charge in [0.15, 0.2) is 4.77 Å². The van der Waals surface area contributed by atoms with E-state index in [1.807, 2.05) is 23.8 Å². The average molecular weight is 279 g/mol. The van der Waals surface area contributed by atoms with Gasteiger partial charge in [0, 0.05) is 11.1 Å². The maximum atomic E-state index is 13.6. The molecule has 18 heavy (non-hydrogen) atoms. The third kappa shape index (κ3) is 1.87. The van der Waals surface area contributed by atoms with Crippen molar-refractivity contribution < 1.29 is 4.39 Å². The van der Waals surface area contributed by atoms with Crippen LogP contribution < -0.4 is 0 Å². The minimum absolute atomic E-state index is 0.280. The van der Waals surface area contributed by atoms with Crippen LogP contribution in [0.25, 0.3) is 11.0 Å². The molecule has 6 heteroatoms. The Balaban J connectivity index is 2.14. The molecule has 0 spiro atoms. The van der Waals surface area contributed by atoms with Crippen LogP contribution in [0.4, 0.5) is 4.39 Å². The number of hydrogen-bond acceptors (Lipinski definition) is 3. The number of para-hydroxylation sites is 1. The molecule has 0 atom stereocenters. The zero-order valence-electron chi connectivity index (χ0n) is 9.61. The Morgan fingerprint density at radius 1 is 1.50 bits per heavy atom. The van der Waals surface area contributed by atoms with Crippen LogP contribution >= 0.6 is 23.6 Å². The van der Waals surface area contributed by atoms with Gasteiger partial charge in [-0.1, -0.05) is 6.07 Å². The summed E-state index contributed by atoms with van der Waals surface area (Å²) in [6.07, 6.45) is 1.83. The number of halogens is 1. The Morgan fingerprint density at radius 3 is 3.06 bits per heavy atom. The van der Waals surface area contributed by atoms with Crippen LogP contribution in [-0.4, -0.2) is 14.5 Å². The molecule has 0 amide bonds. The summed E-state index contributed by atoms with van der Waals surface area (Å²) in [6, 6.07) is 4.97. The van der Waals surface area contributed by atoms with E-state index in [-0.39, 0.29) is 5.82 Å². The summed E-state index contributed by atoms with van der Waals surface area (Å²) in [6.45, 7) is 2.58. The Kier molecular flexibility index (Phi) is 2.76. The van der Waals surface area contributed by atoms with E-state index < -0.39 is 0 Å². The molecular formula is C12H10FN3S2. The highest BCUT2D eigenvalue weighted by atomic mass is 32.1. The predicted molar refractivity (Wildman–Crippen MR) is 73.0 cm³/mol. The first kappa shape index (κ1) is 11.6. The summed E-state index contributed by atoms with van der Waals surface area (Å²) in [4.78, 5) is 8.23. The highest BCUT2D eigenvalue weighted by Gasteiger charge is 2.09. The maximum Gasteiger partial charge on any atom is 0.178 e. The predicted octanol–water partition coefficient (Wildman–Crippen LogP) is 3.65. The van der Waals surface area contributed by atoms with Crippen LogP contribution in [-0.2, 0) is 6.54 Å². The van der Waals surface area contributed by atoms with Crippen molar-refractivity contribution in [3.63, 3.8) is 0 Å². The molecule has 1 N–H and O–H groups in total. The number of imidazole rings is 1. The molecule has 0 radical (unpaired) electrons. The van der Waals surface area contributed by atoms with Crippen molar-refractivity contribution in [2.24, 2.45) is 0 Å². The molecule has 1 aromatic carbocycles. The van der Waals surface area contributed by atoms with E-state index in [2.05, 4.69) is 9.97 Å². The quantitative estimate of drug-likeness (QED) is 0.726. The zero-order valence-corrected chi connectivity index (χ0v) is 11.2. The van der Waals surface area contributed by atoms with E-state index in [0.717, 1.165) is 15.4 Å². The van der Waals surface area contributed by atoms with Gasteiger partial charge in [0.05, 0.1) is 17.1 Å². The van der Waals surface area contributed by atoms with Crippen LogP contribution in [0.2, 0.25) is 0 Å². The molecule has 0 fully saturated rings. The third-order valence-electron chi connectivity index (χ3n) is 2.74.